The average molecular weight is 205 g/mol. The van der Waals surface area contributed by atoms with Crippen molar-refractivity contribution < 1.29 is 4.79 Å². The van der Waals surface area contributed by atoms with Gasteiger partial charge in [0, 0.05) is 25.9 Å². The van der Waals surface area contributed by atoms with E-state index < -0.39 is 0 Å². The third-order valence-corrected chi connectivity index (χ3v) is 2.53. The first-order valence-electron chi connectivity index (χ1n) is 5.19. The number of hydrogen-bond acceptors (Lipinski definition) is 2. The Morgan fingerprint density at radius 1 is 1.73 bits per heavy atom. The molecule has 1 aromatic rings. The molecule has 0 saturated heterocycles. The van der Waals surface area contributed by atoms with E-state index in [1.165, 1.54) is 12.8 Å². The molecule has 1 amide bonds. The van der Waals surface area contributed by atoms with Crippen LogP contribution in [0.4, 0.5) is 0 Å². The molecule has 0 atom stereocenters. The van der Waals surface area contributed by atoms with Gasteiger partial charge in [0.25, 0.3) is 0 Å². The zero-order chi connectivity index (χ0) is 10.7. The van der Waals surface area contributed by atoms with Gasteiger partial charge in [0.15, 0.2) is 0 Å². The Labute approximate surface area is 89.0 Å². The van der Waals surface area contributed by atoms with Crippen LogP contribution in [0.1, 0.15) is 18.5 Å². The van der Waals surface area contributed by atoms with E-state index in [9.17, 15) is 4.79 Å². The first-order valence-corrected chi connectivity index (χ1v) is 5.19. The molecule has 1 fully saturated rings. The molecule has 1 heterocycles. The summed E-state index contributed by atoms with van der Waals surface area (Å²) in [5.41, 5.74) is 0.927. The van der Waals surface area contributed by atoms with Crippen molar-refractivity contribution in [1.82, 2.24) is 15.1 Å². The minimum atomic E-state index is -0.0249. The number of nitrogens with one attached hydrogen (secondary N) is 1. The molecular weight excluding hydrogens is 190 g/mol. The van der Waals surface area contributed by atoms with E-state index in [1.54, 1.807) is 23.0 Å². The second kappa shape index (κ2) is 4.29. The third-order valence-electron chi connectivity index (χ3n) is 2.53. The fraction of sp³-hybridized carbons (Fsp3) is 0.455. The molecule has 0 spiro atoms. The summed E-state index contributed by atoms with van der Waals surface area (Å²) >= 11 is 0. The van der Waals surface area contributed by atoms with Gasteiger partial charge in [-0.2, -0.15) is 5.10 Å². The lowest BCUT2D eigenvalue weighted by molar-refractivity contribution is -0.116. The van der Waals surface area contributed by atoms with Gasteiger partial charge in [-0.15, -0.1) is 0 Å². The Balaban J connectivity index is 1.81. The van der Waals surface area contributed by atoms with Crippen molar-refractivity contribution in [2.24, 2.45) is 13.0 Å². The summed E-state index contributed by atoms with van der Waals surface area (Å²) in [7, 11) is 1.85. The van der Waals surface area contributed by atoms with Crippen LogP contribution in [0.5, 0.6) is 0 Å². The topological polar surface area (TPSA) is 46.9 Å². The van der Waals surface area contributed by atoms with Gasteiger partial charge in [-0.25, -0.2) is 0 Å². The molecule has 80 valence electrons. The predicted molar refractivity (Wildman–Crippen MR) is 58.0 cm³/mol. The molecule has 1 aliphatic carbocycles. The predicted octanol–water partition coefficient (Wildman–Crippen LogP) is 0.960. The van der Waals surface area contributed by atoms with Gasteiger partial charge in [-0.1, -0.05) is 0 Å². The second-order valence-electron chi connectivity index (χ2n) is 3.90. The maximum absolute atomic E-state index is 11.4. The smallest absolute Gasteiger partial charge is 0.244 e. The van der Waals surface area contributed by atoms with Gasteiger partial charge in [0.05, 0.1) is 5.69 Å². The largest absolute Gasteiger partial charge is 0.352 e. The monoisotopic (exact) mass is 205 g/mol. The molecule has 0 aromatic carbocycles. The summed E-state index contributed by atoms with van der Waals surface area (Å²) in [6.45, 7) is 0.814. The number of amides is 1. The summed E-state index contributed by atoms with van der Waals surface area (Å²) in [6.07, 6.45) is 7.55. The van der Waals surface area contributed by atoms with E-state index in [0.29, 0.717) is 0 Å². The molecule has 15 heavy (non-hydrogen) atoms. The summed E-state index contributed by atoms with van der Waals surface area (Å²) in [4.78, 5) is 11.4. The third kappa shape index (κ3) is 2.94. The second-order valence-corrected chi connectivity index (χ2v) is 3.90. The molecule has 2 rings (SSSR count). The molecule has 1 saturated carbocycles. The highest BCUT2D eigenvalue weighted by Crippen LogP contribution is 2.27. The molecule has 0 unspecified atom stereocenters. The molecule has 4 nitrogen and oxygen atoms in total. The van der Waals surface area contributed by atoms with Crippen LogP contribution in [0.25, 0.3) is 6.08 Å². The first-order chi connectivity index (χ1) is 7.25. The maximum atomic E-state index is 11.4. The zero-order valence-corrected chi connectivity index (χ0v) is 8.81. The number of hydrogen-bond donors (Lipinski definition) is 1. The number of aromatic nitrogens is 2. The van der Waals surface area contributed by atoms with Gasteiger partial charge >= 0.3 is 0 Å². The highest BCUT2D eigenvalue weighted by Gasteiger charge is 2.20. The van der Waals surface area contributed by atoms with Gasteiger partial charge in [0.1, 0.15) is 0 Å². The van der Waals surface area contributed by atoms with Crippen LogP contribution < -0.4 is 5.32 Å². The molecule has 1 aliphatic rings. The van der Waals surface area contributed by atoms with E-state index in [-0.39, 0.29) is 5.91 Å². The van der Waals surface area contributed by atoms with Crippen LogP contribution in [-0.4, -0.2) is 22.2 Å². The van der Waals surface area contributed by atoms with Gasteiger partial charge in [0.2, 0.25) is 5.91 Å². The number of nitrogens with zero attached hydrogens (tertiary/aromatic N) is 2. The van der Waals surface area contributed by atoms with Crippen molar-refractivity contribution in [2.45, 2.75) is 12.8 Å². The normalized spacial score (nSPS) is 15.8. The fourth-order valence-corrected chi connectivity index (χ4v) is 1.33. The van der Waals surface area contributed by atoms with Gasteiger partial charge in [-0.3, -0.25) is 9.48 Å². The Bertz CT molecular complexity index is 377. The number of rotatable bonds is 4. The van der Waals surface area contributed by atoms with E-state index >= 15 is 0 Å². The van der Waals surface area contributed by atoms with E-state index in [4.69, 9.17) is 0 Å². The van der Waals surface area contributed by atoms with Crippen molar-refractivity contribution >= 4 is 12.0 Å². The molecule has 4 heteroatoms. The number of carbonyl (C=O) groups is 1. The molecular formula is C11H15N3O. The Morgan fingerprint density at radius 2 is 2.53 bits per heavy atom. The van der Waals surface area contributed by atoms with Gasteiger partial charge < -0.3 is 5.32 Å². The van der Waals surface area contributed by atoms with Crippen LogP contribution in [0.15, 0.2) is 18.3 Å². The molecule has 1 aromatic heterocycles. The molecule has 0 bridgehead atoms. The highest BCUT2D eigenvalue weighted by molar-refractivity contribution is 5.91. The Morgan fingerprint density at radius 3 is 3.13 bits per heavy atom. The van der Waals surface area contributed by atoms with Crippen molar-refractivity contribution in [3.63, 3.8) is 0 Å². The summed E-state index contributed by atoms with van der Waals surface area (Å²) in [5.74, 6) is 0.696. The molecule has 0 aliphatic heterocycles. The quantitative estimate of drug-likeness (QED) is 0.744. The standard InChI is InChI=1S/C11H15N3O/c1-14-10(6-7-13-14)4-5-11(15)12-8-9-2-3-9/h4-7,9H,2-3,8H2,1H3,(H,12,15). The van der Waals surface area contributed by atoms with Gasteiger partial charge in [-0.05, 0) is 30.9 Å². The van der Waals surface area contributed by atoms with E-state index in [0.717, 1.165) is 18.2 Å². The van der Waals surface area contributed by atoms with Crippen molar-refractivity contribution in [3.8, 4) is 0 Å². The highest BCUT2D eigenvalue weighted by atomic mass is 16.1. The van der Waals surface area contributed by atoms with E-state index in [2.05, 4.69) is 10.4 Å². The lowest BCUT2D eigenvalue weighted by atomic mass is 10.3. The molecule has 1 N–H and O–H groups in total. The van der Waals surface area contributed by atoms with Crippen LogP contribution in [0, 0.1) is 5.92 Å². The van der Waals surface area contributed by atoms with Crippen molar-refractivity contribution in [3.05, 3.63) is 24.0 Å². The van der Waals surface area contributed by atoms with Crippen molar-refractivity contribution in [1.29, 1.82) is 0 Å². The summed E-state index contributed by atoms with van der Waals surface area (Å²) < 4.78 is 1.73. The first kappa shape index (κ1) is 9.96. The maximum Gasteiger partial charge on any atom is 0.244 e. The number of carbonyl (C=O) groups excluding carboxylic acids is 1. The lowest BCUT2D eigenvalue weighted by Gasteiger charge is -1.98. The van der Waals surface area contributed by atoms with Crippen molar-refractivity contribution in [2.75, 3.05) is 6.54 Å². The van der Waals surface area contributed by atoms with Crippen LogP contribution in [-0.2, 0) is 11.8 Å². The molecule has 0 radical (unpaired) electrons. The van der Waals surface area contributed by atoms with Crippen LogP contribution in [0.2, 0.25) is 0 Å². The minimum Gasteiger partial charge on any atom is -0.352 e. The summed E-state index contributed by atoms with van der Waals surface area (Å²) in [6, 6.07) is 1.87. The van der Waals surface area contributed by atoms with E-state index in [1.807, 2.05) is 13.1 Å². The Hall–Kier alpha value is -1.58. The number of aryl methyl sites for hydroxylation is 1. The SMILES string of the molecule is Cn1nccc1C=CC(=O)NCC1CC1. The van der Waals surface area contributed by atoms with Crippen LogP contribution in [0.3, 0.4) is 0 Å². The fourth-order valence-electron chi connectivity index (χ4n) is 1.33. The lowest BCUT2D eigenvalue weighted by Crippen LogP contribution is -2.23. The minimum absolute atomic E-state index is 0.0249. The summed E-state index contributed by atoms with van der Waals surface area (Å²) in [5, 5.41) is 6.88. The average Bonchev–Trinajstić information content (AvgIpc) is 2.96. The Kier molecular flexibility index (Phi) is 2.85. The van der Waals surface area contributed by atoms with Crippen LogP contribution >= 0.6 is 0 Å². The zero-order valence-electron chi connectivity index (χ0n) is 8.81.